The molecule has 0 N–H and O–H groups in total. The first-order valence-corrected chi connectivity index (χ1v) is 6.50. The molecule has 2 rings (SSSR count). The van der Waals surface area contributed by atoms with Crippen LogP contribution in [0.2, 0.25) is 5.15 Å². The first-order chi connectivity index (χ1) is 7.18. The summed E-state index contributed by atoms with van der Waals surface area (Å²) >= 11 is 7.17. The number of anilines is 1. The van der Waals surface area contributed by atoms with E-state index >= 15 is 0 Å². The van der Waals surface area contributed by atoms with Gasteiger partial charge in [-0.1, -0.05) is 31.4 Å². The first-order valence-electron chi connectivity index (χ1n) is 5.39. The van der Waals surface area contributed by atoms with Crippen LogP contribution in [0.15, 0.2) is 0 Å². The Morgan fingerprint density at radius 2 is 2.20 bits per heavy atom. The minimum Gasteiger partial charge on any atom is -0.353 e. The number of nitrogens with zero attached hydrogens (tertiary/aromatic N) is 3. The van der Waals surface area contributed by atoms with Gasteiger partial charge >= 0.3 is 0 Å². The lowest BCUT2D eigenvalue weighted by molar-refractivity contribution is 0.336. The van der Waals surface area contributed by atoms with Gasteiger partial charge in [-0.3, -0.25) is 0 Å². The summed E-state index contributed by atoms with van der Waals surface area (Å²) in [6.45, 7) is 2.32. The molecule has 1 heterocycles. The van der Waals surface area contributed by atoms with Gasteiger partial charge in [0.2, 0.25) is 0 Å². The Kier molecular flexibility index (Phi) is 3.46. The predicted molar refractivity (Wildman–Crippen MR) is 64.7 cm³/mol. The van der Waals surface area contributed by atoms with E-state index in [1.54, 1.807) is 0 Å². The maximum atomic E-state index is 5.99. The molecule has 2 unspecified atom stereocenters. The van der Waals surface area contributed by atoms with Crippen LogP contribution < -0.4 is 4.90 Å². The quantitative estimate of drug-likeness (QED) is 0.801. The Morgan fingerprint density at radius 3 is 2.80 bits per heavy atom. The summed E-state index contributed by atoms with van der Waals surface area (Å²) in [5.74, 6) is 1.66. The van der Waals surface area contributed by atoms with Gasteiger partial charge in [0.1, 0.15) is 0 Å². The molecule has 0 radical (unpaired) electrons. The molecule has 1 saturated carbocycles. The zero-order valence-corrected chi connectivity index (χ0v) is 10.7. The Bertz CT molecular complexity index is 328. The molecule has 84 valence electrons. The van der Waals surface area contributed by atoms with E-state index in [0.717, 1.165) is 11.7 Å². The summed E-state index contributed by atoms with van der Waals surface area (Å²) in [4.78, 5) is 2.20. The highest BCUT2D eigenvalue weighted by atomic mass is 35.5. The molecule has 0 saturated heterocycles. The van der Waals surface area contributed by atoms with Crippen LogP contribution in [0.4, 0.5) is 5.82 Å². The second-order valence-electron chi connectivity index (χ2n) is 4.42. The van der Waals surface area contributed by atoms with Gasteiger partial charge in [-0.05, 0) is 18.8 Å². The molecular weight excluding hydrogens is 230 g/mol. The van der Waals surface area contributed by atoms with Crippen LogP contribution in [0.1, 0.15) is 32.6 Å². The van der Waals surface area contributed by atoms with E-state index in [2.05, 4.69) is 27.6 Å². The van der Waals surface area contributed by atoms with E-state index in [0.29, 0.717) is 11.2 Å². The first kappa shape index (κ1) is 11.1. The molecule has 2 atom stereocenters. The van der Waals surface area contributed by atoms with Gasteiger partial charge < -0.3 is 4.90 Å². The van der Waals surface area contributed by atoms with Crippen molar-refractivity contribution in [3.63, 3.8) is 0 Å². The fourth-order valence-electron chi connectivity index (χ4n) is 2.31. The normalized spacial score (nSPS) is 26.6. The van der Waals surface area contributed by atoms with E-state index in [4.69, 9.17) is 11.6 Å². The molecule has 0 amide bonds. The van der Waals surface area contributed by atoms with Crippen LogP contribution in [-0.2, 0) is 0 Å². The van der Waals surface area contributed by atoms with Crippen molar-refractivity contribution in [3.8, 4) is 0 Å². The van der Waals surface area contributed by atoms with Crippen molar-refractivity contribution in [2.45, 2.75) is 38.6 Å². The summed E-state index contributed by atoms with van der Waals surface area (Å²) in [6.07, 6.45) is 5.15. The van der Waals surface area contributed by atoms with Crippen LogP contribution in [0.3, 0.4) is 0 Å². The molecule has 0 aromatic carbocycles. The van der Waals surface area contributed by atoms with Crippen molar-refractivity contribution >= 4 is 29.1 Å². The van der Waals surface area contributed by atoms with Crippen molar-refractivity contribution in [2.24, 2.45) is 5.92 Å². The number of aromatic nitrogens is 2. The maximum absolute atomic E-state index is 5.99. The van der Waals surface area contributed by atoms with Crippen molar-refractivity contribution in [1.29, 1.82) is 0 Å². The Morgan fingerprint density at radius 1 is 1.40 bits per heavy atom. The fraction of sp³-hybridized carbons (Fsp3) is 0.800. The molecular formula is C10H16ClN3S. The number of halogens is 1. The average Bonchev–Trinajstić information content (AvgIpc) is 2.63. The van der Waals surface area contributed by atoms with Gasteiger partial charge in [0.15, 0.2) is 11.0 Å². The van der Waals surface area contributed by atoms with Gasteiger partial charge in [0, 0.05) is 13.1 Å². The SMILES string of the molecule is CC1CCCC(N(C)c2nsnc2Cl)C1. The maximum Gasteiger partial charge on any atom is 0.187 e. The second-order valence-corrected chi connectivity index (χ2v) is 5.30. The topological polar surface area (TPSA) is 29.0 Å². The monoisotopic (exact) mass is 245 g/mol. The van der Waals surface area contributed by atoms with Gasteiger partial charge in [-0.25, -0.2) is 0 Å². The number of rotatable bonds is 2. The lowest BCUT2D eigenvalue weighted by Gasteiger charge is -2.34. The van der Waals surface area contributed by atoms with E-state index < -0.39 is 0 Å². The highest BCUT2D eigenvalue weighted by molar-refractivity contribution is 6.99. The molecule has 1 aromatic heterocycles. The van der Waals surface area contributed by atoms with Crippen LogP contribution in [0.25, 0.3) is 0 Å². The highest BCUT2D eigenvalue weighted by Gasteiger charge is 2.25. The molecule has 0 bridgehead atoms. The standard InChI is InChI=1S/C10H16ClN3S/c1-7-4-3-5-8(6-7)14(2)10-9(11)12-15-13-10/h7-8H,3-6H2,1-2H3. The summed E-state index contributed by atoms with van der Waals surface area (Å²) in [7, 11) is 2.07. The third-order valence-electron chi connectivity index (χ3n) is 3.22. The molecule has 0 spiro atoms. The molecule has 0 aliphatic heterocycles. The van der Waals surface area contributed by atoms with Gasteiger partial charge in [-0.15, -0.1) is 0 Å². The zero-order chi connectivity index (χ0) is 10.8. The molecule has 3 nitrogen and oxygen atoms in total. The summed E-state index contributed by atoms with van der Waals surface area (Å²) < 4.78 is 8.25. The Balaban J connectivity index is 2.07. The number of hydrogen-bond acceptors (Lipinski definition) is 4. The lowest BCUT2D eigenvalue weighted by Crippen LogP contribution is -2.35. The van der Waals surface area contributed by atoms with E-state index in [9.17, 15) is 0 Å². The van der Waals surface area contributed by atoms with Crippen LogP contribution in [0.5, 0.6) is 0 Å². The average molecular weight is 246 g/mol. The summed E-state index contributed by atoms with van der Waals surface area (Å²) in [5, 5.41) is 0.542. The fourth-order valence-corrected chi connectivity index (χ4v) is 3.12. The van der Waals surface area contributed by atoms with Gasteiger partial charge in [-0.2, -0.15) is 8.75 Å². The number of hydrogen-bond donors (Lipinski definition) is 0. The summed E-state index contributed by atoms with van der Waals surface area (Å²) in [6, 6.07) is 0.579. The van der Waals surface area contributed by atoms with E-state index in [1.807, 2.05) is 0 Å². The minimum atomic E-state index is 0.542. The predicted octanol–water partition coefficient (Wildman–Crippen LogP) is 3.21. The van der Waals surface area contributed by atoms with Crippen molar-refractivity contribution in [3.05, 3.63) is 5.15 Å². The Hall–Kier alpha value is -0.350. The second kappa shape index (κ2) is 4.66. The van der Waals surface area contributed by atoms with Crippen LogP contribution >= 0.6 is 23.3 Å². The third-order valence-corrected chi connectivity index (χ3v) is 4.10. The molecule has 5 heteroatoms. The molecule has 15 heavy (non-hydrogen) atoms. The molecule has 1 aliphatic carbocycles. The molecule has 1 aromatic rings. The third kappa shape index (κ3) is 2.42. The molecule has 1 fully saturated rings. The zero-order valence-electron chi connectivity index (χ0n) is 9.11. The van der Waals surface area contributed by atoms with Crippen LogP contribution in [0, 0.1) is 5.92 Å². The van der Waals surface area contributed by atoms with Crippen molar-refractivity contribution in [2.75, 3.05) is 11.9 Å². The highest BCUT2D eigenvalue weighted by Crippen LogP contribution is 2.31. The lowest BCUT2D eigenvalue weighted by atomic mass is 9.86. The van der Waals surface area contributed by atoms with Gasteiger partial charge in [0.05, 0.1) is 11.7 Å². The van der Waals surface area contributed by atoms with E-state index in [-0.39, 0.29) is 0 Å². The molecule has 1 aliphatic rings. The Labute approximate surface area is 99.8 Å². The minimum absolute atomic E-state index is 0.542. The van der Waals surface area contributed by atoms with Gasteiger partial charge in [0.25, 0.3) is 0 Å². The van der Waals surface area contributed by atoms with Crippen LogP contribution in [-0.4, -0.2) is 21.8 Å². The smallest absolute Gasteiger partial charge is 0.187 e. The largest absolute Gasteiger partial charge is 0.353 e. The van der Waals surface area contributed by atoms with E-state index in [1.165, 1.54) is 37.4 Å². The van der Waals surface area contributed by atoms with Crippen molar-refractivity contribution in [1.82, 2.24) is 8.75 Å². The summed E-state index contributed by atoms with van der Waals surface area (Å²) in [5.41, 5.74) is 0. The van der Waals surface area contributed by atoms with Crippen molar-refractivity contribution < 1.29 is 0 Å².